The van der Waals surface area contributed by atoms with Gasteiger partial charge in [0.2, 0.25) is 27.7 Å². The topological polar surface area (TPSA) is 212 Å². The zero-order chi connectivity index (χ0) is 32.2. The Morgan fingerprint density at radius 2 is 1.58 bits per heavy atom. The Morgan fingerprint density at radius 1 is 0.889 bits per heavy atom. The van der Waals surface area contributed by atoms with Crippen molar-refractivity contribution in [1.82, 2.24) is 34.6 Å². The first-order valence-corrected chi connectivity index (χ1v) is 14.7. The fourth-order valence-electron chi connectivity index (χ4n) is 3.81. The number of fused-ring (bicyclic) bond motifs is 1. The van der Waals surface area contributed by atoms with E-state index in [0.29, 0.717) is 5.65 Å². The molecule has 0 atom stereocenters. The number of aromatic amines is 1. The lowest BCUT2D eigenvalue weighted by atomic mass is 10.1. The van der Waals surface area contributed by atoms with Crippen LogP contribution in [-0.4, -0.2) is 71.7 Å². The number of benzene rings is 2. The third kappa shape index (κ3) is 9.07. The molecule has 0 spiro atoms. The van der Waals surface area contributed by atoms with Crippen LogP contribution in [0.5, 0.6) is 11.8 Å². The van der Waals surface area contributed by atoms with Gasteiger partial charge in [0.05, 0.1) is 45.0 Å². The summed E-state index contributed by atoms with van der Waals surface area (Å²) in [5, 5.41) is 5.45. The minimum Gasteiger partial charge on any atom is -0.481 e. The van der Waals surface area contributed by atoms with E-state index < -0.39 is 27.8 Å². The van der Waals surface area contributed by atoms with Crippen molar-refractivity contribution < 1.29 is 32.2 Å². The van der Waals surface area contributed by atoms with Gasteiger partial charge in [-0.2, -0.15) is 9.97 Å². The number of esters is 1. The molecule has 0 fully saturated rings. The average molecular weight is 636 g/mol. The predicted octanol–water partition coefficient (Wildman–Crippen LogP) is 2.90. The van der Waals surface area contributed by atoms with Crippen LogP contribution in [-0.2, 0) is 27.1 Å². The van der Waals surface area contributed by atoms with Crippen LogP contribution < -0.4 is 24.8 Å². The molecule has 2 amide bonds. The molecular formula is C28H29N9O7S. The van der Waals surface area contributed by atoms with Gasteiger partial charge in [-0.25, -0.2) is 37.7 Å². The van der Waals surface area contributed by atoms with Gasteiger partial charge in [-0.3, -0.25) is 5.32 Å². The van der Waals surface area contributed by atoms with Crippen LogP contribution in [0.4, 0.5) is 16.6 Å². The van der Waals surface area contributed by atoms with Crippen molar-refractivity contribution in [3.05, 3.63) is 90.0 Å². The third-order valence-electron chi connectivity index (χ3n) is 5.86. The summed E-state index contributed by atoms with van der Waals surface area (Å²) in [6, 6.07) is 16.5. The number of carbonyl (C=O) groups excluding carboxylic acids is 2. The lowest BCUT2D eigenvalue weighted by Crippen LogP contribution is -2.36. The molecule has 2 aromatic carbocycles. The van der Waals surface area contributed by atoms with E-state index in [1.807, 2.05) is 22.9 Å². The van der Waals surface area contributed by atoms with E-state index in [0.717, 1.165) is 17.9 Å². The molecule has 3 heterocycles. The zero-order valence-corrected chi connectivity index (χ0v) is 25.2. The number of nitrogens with zero attached hydrogens (tertiary/aromatic N) is 5. The van der Waals surface area contributed by atoms with Crippen molar-refractivity contribution in [2.75, 3.05) is 32.0 Å². The van der Waals surface area contributed by atoms with E-state index in [1.54, 1.807) is 18.5 Å². The van der Waals surface area contributed by atoms with Crippen molar-refractivity contribution >= 4 is 45.0 Å². The van der Waals surface area contributed by atoms with Crippen molar-refractivity contribution in [2.45, 2.75) is 12.3 Å². The van der Waals surface area contributed by atoms with Crippen LogP contribution in [0, 0.1) is 0 Å². The van der Waals surface area contributed by atoms with Crippen LogP contribution in [0.15, 0.2) is 73.3 Å². The Hall–Kier alpha value is -5.84. The second-order valence-electron chi connectivity index (χ2n) is 8.90. The highest BCUT2D eigenvalue weighted by Gasteiger charge is 2.21. The second-order valence-corrected chi connectivity index (χ2v) is 10.6. The summed E-state index contributed by atoms with van der Waals surface area (Å²) in [5.41, 5.74) is 2.98. The van der Waals surface area contributed by atoms with Gasteiger partial charge < -0.3 is 24.5 Å². The van der Waals surface area contributed by atoms with E-state index in [9.17, 15) is 18.0 Å². The van der Waals surface area contributed by atoms with Crippen LogP contribution in [0.25, 0.3) is 11.2 Å². The summed E-state index contributed by atoms with van der Waals surface area (Å²) in [6.45, 7) is 0.728. The van der Waals surface area contributed by atoms with Gasteiger partial charge in [0.25, 0.3) is 0 Å². The third-order valence-corrected chi connectivity index (χ3v) is 7.05. The van der Waals surface area contributed by atoms with Crippen molar-refractivity contribution in [3.8, 4) is 11.8 Å². The smallest absolute Gasteiger partial charge is 0.338 e. The van der Waals surface area contributed by atoms with Gasteiger partial charge in [0, 0.05) is 6.54 Å². The number of H-pyrrole nitrogens is 1. The molecule has 5 rings (SSSR count). The molecule has 0 aliphatic carbocycles. The highest BCUT2D eigenvalue weighted by molar-refractivity contribution is 7.89. The molecular weight excluding hydrogens is 606 g/mol. The molecule has 0 radical (unpaired) electrons. The molecule has 0 saturated carbocycles. The highest BCUT2D eigenvalue weighted by atomic mass is 32.2. The number of sulfonamides is 1. The van der Waals surface area contributed by atoms with E-state index in [2.05, 4.69) is 57.4 Å². The molecule has 0 saturated heterocycles. The Bertz CT molecular complexity index is 1850. The summed E-state index contributed by atoms with van der Waals surface area (Å²) < 4.78 is 40.9. The van der Waals surface area contributed by atoms with Crippen LogP contribution in [0.1, 0.15) is 21.5 Å². The molecule has 0 unspecified atom stereocenters. The number of hydrogen-bond acceptors (Lipinski definition) is 13. The first kappa shape index (κ1) is 32.1. The summed E-state index contributed by atoms with van der Waals surface area (Å²) >= 11 is 0. The number of imidazole rings is 1. The number of ether oxygens (including phenoxy) is 3. The van der Waals surface area contributed by atoms with E-state index >= 15 is 0 Å². The summed E-state index contributed by atoms with van der Waals surface area (Å²) in [7, 11) is -0.243. The molecule has 17 heteroatoms. The summed E-state index contributed by atoms with van der Waals surface area (Å²) in [5.74, 6) is -0.537. The quantitative estimate of drug-likeness (QED) is 0.163. The fourth-order valence-corrected chi connectivity index (χ4v) is 4.88. The Morgan fingerprint density at radius 3 is 2.27 bits per heavy atom. The molecule has 234 valence electrons. The predicted molar refractivity (Wildman–Crippen MR) is 163 cm³/mol. The van der Waals surface area contributed by atoms with Gasteiger partial charge in [0.15, 0.2) is 11.5 Å². The maximum atomic E-state index is 12.3. The number of hydrogen-bond donors (Lipinski definition) is 4. The molecule has 16 nitrogen and oxygen atoms in total. The first-order valence-electron chi connectivity index (χ1n) is 13.1. The minimum absolute atomic E-state index is 0.0802. The SMILES string of the molecule is COC(=O)c1ccccc1CS(=O)(=O)NC(=O)Nc1nc(OC)cc(OC)n1.c1ccc(CNc2ncnc3nc[nH]c23)cc1. The van der Waals surface area contributed by atoms with Crippen LogP contribution in [0.3, 0.4) is 0 Å². The Balaban J connectivity index is 0.000000229. The van der Waals surface area contributed by atoms with Gasteiger partial charge in [0.1, 0.15) is 11.8 Å². The van der Waals surface area contributed by atoms with Crippen molar-refractivity contribution in [2.24, 2.45) is 0 Å². The number of anilines is 2. The minimum atomic E-state index is -4.14. The molecule has 0 aliphatic heterocycles. The monoisotopic (exact) mass is 635 g/mol. The molecule has 4 N–H and O–H groups in total. The maximum Gasteiger partial charge on any atom is 0.338 e. The fraction of sp³-hybridized carbons (Fsp3) is 0.179. The zero-order valence-electron chi connectivity index (χ0n) is 24.3. The lowest BCUT2D eigenvalue weighted by molar-refractivity contribution is 0.0599. The molecule has 3 aromatic heterocycles. The standard InChI is InChI=1S/C16H18N4O7S.C12H11N5/c1-25-12-8-13(26-2)18-15(17-12)19-16(22)20-28(23,24)9-10-6-4-5-7-11(10)14(21)27-3;1-2-4-9(5-3-1)6-13-11-10-12(15-7-14-10)17-8-16-11/h4-8H,9H2,1-3H3,(H2,17,18,19,20,22);1-5,7-8H,6H2,(H2,13,14,15,16,17). The molecule has 5 aromatic rings. The average Bonchev–Trinajstić information content (AvgIpc) is 3.53. The molecule has 0 aliphatic rings. The number of nitrogens with one attached hydrogen (secondary N) is 4. The van der Waals surface area contributed by atoms with Gasteiger partial charge >= 0.3 is 12.0 Å². The number of methoxy groups -OCH3 is 3. The number of aromatic nitrogens is 6. The van der Waals surface area contributed by atoms with E-state index in [-0.39, 0.29) is 28.8 Å². The largest absolute Gasteiger partial charge is 0.481 e. The molecule has 45 heavy (non-hydrogen) atoms. The highest BCUT2D eigenvalue weighted by Crippen LogP contribution is 2.18. The van der Waals surface area contributed by atoms with Gasteiger partial charge in [-0.15, -0.1) is 0 Å². The first-order chi connectivity index (χ1) is 21.7. The second kappa shape index (κ2) is 15.1. The Labute approximate surface area is 257 Å². The summed E-state index contributed by atoms with van der Waals surface area (Å²) in [4.78, 5) is 46.9. The summed E-state index contributed by atoms with van der Waals surface area (Å²) in [6.07, 6.45) is 3.13. The number of amides is 2. The van der Waals surface area contributed by atoms with Crippen LogP contribution in [0.2, 0.25) is 0 Å². The number of rotatable bonds is 10. The number of carbonyl (C=O) groups is 2. The lowest BCUT2D eigenvalue weighted by Gasteiger charge is -2.11. The van der Waals surface area contributed by atoms with E-state index in [1.165, 1.54) is 51.4 Å². The van der Waals surface area contributed by atoms with Crippen molar-refractivity contribution in [3.63, 3.8) is 0 Å². The van der Waals surface area contributed by atoms with Gasteiger partial charge in [-0.05, 0) is 17.2 Å². The number of urea groups is 1. The van der Waals surface area contributed by atoms with Crippen molar-refractivity contribution in [1.29, 1.82) is 0 Å². The Kier molecular flexibility index (Phi) is 10.7. The molecule has 0 bridgehead atoms. The normalized spacial score (nSPS) is 10.6. The maximum absolute atomic E-state index is 12.3. The van der Waals surface area contributed by atoms with Crippen LogP contribution >= 0.6 is 0 Å². The van der Waals surface area contributed by atoms with E-state index in [4.69, 9.17) is 9.47 Å². The van der Waals surface area contributed by atoms with Gasteiger partial charge in [-0.1, -0.05) is 48.5 Å².